The molecule has 0 amide bonds. The summed E-state index contributed by atoms with van der Waals surface area (Å²) >= 11 is 0. The smallest absolute Gasteiger partial charge is 0.123 e. The van der Waals surface area contributed by atoms with Crippen LogP contribution in [0, 0.1) is 0 Å². The maximum atomic E-state index is 5.47. The van der Waals surface area contributed by atoms with Gasteiger partial charge in [-0.05, 0) is 26.6 Å². The zero-order valence-corrected chi connectivity index (χ0v) is 13.3. The predicted octanol–water partition coefficient (Wildman–Crippen LogP) is 2.31. The van der Waals surface area contributed by atoms with Crippen molar-refractivity contribution in [2.24, 2.45) is 0 Å². The molecule has 0 aromatic heterocycles. The van der Waals surface area contributed by atoms with Gasteiger partial charge in [0.05, 0.1) is 13.7 Å². The molecule has 1 N–H and O–H groups in total. The normalized spacial score (nSPS) is 14.3. The van der Waals surface area contributed by atoms with E-state index in [1.165, 1.54) is 5.56 Å². The zero-order valence-electron chi connectivity index (χ0n) is 13.3. The van der Waals surface area contributed by atoms with Crippen molar-refractivity contribution in [1.29, 1.82) is 0 Å². The van der Waals surface area contributed by atoms with Crippen molar-refractivity contribution in [3.8, 4) is 5.75 Å². The fourth-order valence-corrected chi connectivity index (χ4v) is 2.50. The number of hydrogen-bond acceptors (Lipinski definition) is 4. The largest absolute Gasteiger partial charge is 0.496 e. The summed E-state index contributed by atoms with van der Waals surface area (Å²) in [5, 5.41) is 3.39. The van der Waals surface area contributed by atoms with E-state index in [1.807, 2.05) is 19.2 Å². The SMILES string of the molecule is CCN(CC(NC)c1ccccc1OC)C(C)COC. The third-order valence-corrected chi connectivity index (χ3v) is 3.72. The molecule has 2 atom stereocenters. The number of para-hydroxylation sites is 1. The molecule has 0 fully saturated rings. The number of nitrogens with one attached hydrogen (secondary N) is 1. The molecule has 2 unspecified atom stereocenters. The van der Waals surface area contributed by atoms with Crippen LogP contribution in [0.1, 0.15) is 25.5 Å². The fraction of sp³-hybridized carbons (Fsp3) is 0.625. The summed E-state index contributed by atoms with van der Waals surface area (Å²) in [6, 6.07) is 8.82. The first-order valence-electron chi connectivity index (χ1n) is 7.21. The highest BCUT2D eigenvalue weighted by Gasteiger charge is 2.20. The highest BCUT2D eigenvalue weighted by molar-refractivity contribution is 5.36. The van der Waals surface area contributed by atoms with Crippen LogP contribution >= 0.6 is 0 Å². The lowest BCUT2D eigenvalue weighted by Crippen LogP contribution is -2.41. The Labute approximate surface area is 123 Å². The number of hydrogen-bond donors (Lipinski definition) is 1. The van der Waals surface area contributed by atoms with Gasteiger partial charge in [-0.1, -0.05) is 25.1 Å². The van der Waals surface area contributed by atoms with Crippen molar-refractivity contribution < 1.29 is 9.47 Å². The van der Waals surface area contributed by atoms with Crippen LogP contribution in [0.15, 0.2) is 24.3 Å². The molecule has 1 aromatic rings. The number of likely N-dealkylation sites (N-methyl/N-ethyl adjacent to an activating group) is 2. The molecular formula is C16H28N2O2. The van der Waals surface area contributed by atoms with E-state index in [1.54, 1.807) is 14.2 Å². The molecule has 0 aliphatic carbocycles. The monoisotopic (exact) mass is 280 g/mol. The Morgan fingerprint density at radius 1 is 1.25 bits per heavy atom. The van der Waals surface area contributed by atoms with Gasteiger partial charge in [0.2, 0.25) is 0 Å². The number of benzene rings is 1. The van der Waals surface area contributed by atoms with E-state index in [4.69, 9.17) is 9.47 Å². The summed E-state index contributed by atoms with van der Waals surface area (Å²) in [6.07, 6.45) is 0. The highest BCUT2D eigenvalue weighted by Crippen LogP contribution is 2.25. The Balaban J connectivity index is 2.84. The molecule has 0 radical (unpaired) electrons. The van der Waals surface area contributed by atoms with Gasteiger partial charge in [0.1, 0.15) is 5.75 Å². The Hall–Kier alpha value is -1.10. The van der Waals surface area contributed by atoms with E-state index in [0.717, 1.165) is 25.4 Å². The van der Waals surface area contributed by atoms with Gasteiger partial charge in [-0.3, -0.25) is 4.90 Å². The van der Waals surface area contributed by atoms with Gasteiger partial charge in [0, 0.05) is 31.3 Å². The lowest BCUT2D eigenvalue weighted by atomic mass is 10.0. The number of rotatable bonds is 9. The minimum absolute atomic E-state index is 0.241. The highest BCUT2D eigenvalue weighted by atomic mass is 16.5. The van der Waals surface area contributed by atoms with Crippen LogP contribution in [0.3, 0.4) is 0 Å². The van der Waals surface area contributed by atoms with Crippen molar-refractivity contribution in [3.05, 3.63) is 29.8 Å². The Bertz CT molecular complexity index is 384. The first-order valence-corrected chi connectivity index (χ1v) is 7.21. The fourth-order valence-electron chi connectivity index (χ4n) is 2.50. The Morgan fingerprint density at radius 2 is 1.95 bits per heavy atom. The third-order valence-electron chi connectivity index (χ3n) is 3.72. The van der Waals surface area contributed by atoms with Gasteiger partial charge in [0.15, 0.2) is 0 Å². The number of ether oxygens (including phenoxy) is 2. The maximum Gasteiger partial charge on any atom is 0.123 e. The van der Waals surface area contributed by atoms with Crippen LogP contribution in [0.25, 0.3) is 0 Å². The van der Waals surface area contributed by atoms with E-state index in [9.17, 15) is 0 Å². The maximum absolute atomic E-state index is 5.47. The average Bonchev–Trinajstić information content (AvgIpc) is 2.48. The van der Waals surface area contributed by atoms with Gasteiger partial charge in [0.25, 0.3) is 0 Å². The molecule has 1 aromatic carbocycles. The molecule has 0 bridgehead atoms. The topological polar surface area (TPSA) is 33.7 Å². The summed E-state index contributed by atoms with van der Waals surface area (Å²) in [7, 11) is 5.46. The quantitative estimate of drug-likeness (QED) is 0.752. The molecule has 0 spiro atoms. The minimum atomic E-state index is 0.241. The second kappa shape index (κ2) is 8.95. The van der Waals surface area contributed by atoms with E-state index < -0.39 is 0 Å². The summed E-state index contributed by atoms with van der Waals surface area (Å²) in [4.78, 5) is 2.41. The van der Waals surface area contributed by atoms with Crippen LogP contribution in [-0.4, -0.2) is 51.9 Å². The standard InChI is InChI=1S/C16H28N2O2/c1-6-18(13(2)12-19-4)11-15(17-3)14-9-7-8-10-16(14)20-5/h7-10,13,15,17H,6,11-12H2,1-5H3. The first kappa shape index (κ1) is 17.0. The minimum Gasteiger partial charge on any atom is -0.496 e. The molecule has 4 nitrogen and oxygen atoms in total. The third kappa shape index (κ3) is 4.47. The first-order chi connectivity index (χ1) is 9.67. The van der Waals surface area contributed by atoms with Crippen molar-refractivity contribution in [2.45, 2.75) is 25.9 Å². The van der Waals surface area contributed by atoms with Crippen molar-refractivity contribution >= 4 is 0 Å². The van der Waals surface area contributed by atoms with Crippen LogP contribution in [0.2, 0.25) is 0 Å². The van der Waals surface area contributed by atoms with Gasteiger partial charge in [-0.25, -0.2) is 0 Å². The molecule has 0 saturated carbocycles. The van der Waals surface area contributed by atoms with Crippen LogP contribution in [0.4, 0.5) is 0 Å². The molecule has 0 aliphatic rings. The lowest BCUT2D eigenvalue weighted by Gasteiger charge is -2.31. The molecule has 20 heavy (non-hydrogen) atoms. The summed E-state index contributed by atoms with van der Waals surface area (Å²) < 4.78 is 10.7. The van der Waals surface area contributed by atoms with Crippen LogP contribution in [0.5, 0.6) is 5.75 Å². The van der Waals surface area contributed by atoms with E-state index in [-0.39, 0.29) is 6.04 Å². The van der Waals surface area contributed by atoms with Gasteiger partial charge in [-0.2, -0.15) is 0 Å². The Kier molecular flexibility index (Phi) is 7.59. The molecule has 0 aliphatic heterocycles. The average molecular weight is 280 g/mol. The van der Waals surface area contributed by atoms with Crippen molar-refractivity contribution in [1.82, 2.24) is 10.2 Å². The lowest BCUT2D eigenvalue weighted by molar-refractivity contribution is 0.0960. The molecule has 114 valence electrons. The van der Waals surface area contributed by atoms with E-state index in [0.29, 0.717) is 6.04 Å². The van der Waals surface area contributed by atoms with E-state index in [2.05, 4.69) is 36.2 Å². The molecule has 1 rings (SSSR count). The summed E-state index contributed by atoms with van der Waals surface area (Å²) in [5.74, 6) is 0.933. The zero-order chi connectivity index (χ0) is 15.0. The second-order valence-corrected chi connectivity index (χ2v) is 4.98. The number of nitrogens with zero attached hydrogens (tertiary/aromatic N) is 1. The predicted molar refractivity (Wildman–Crippen MR) is 83.4 cm³/mol. The van der Waals surface area contributed by atoms with Gasteiger partial charge < -0.3 is 14.8 Å². The second-order valence-electron chi connectivity index (χ2n) is 4.98. The summed E-state index contributed by atoms with van der Waals surface area (Å²) in [6.45, 7) is 7.05. The van der Waals surface area contributed by atoms with Crippen LogP contribution < -0.4 is 10.1 Å². The number of methoxy groups -OCH3 is 2. The molecule has 4 heteroatoms. The van der Waals surface area contributed by atoms with Crippen molar-refractivity contribution in [3.63, 3.8) is 0 Å². The van der Waals surface area contributed by atoms with E-state index >= 15 is 0 Å². The van der Waals surface area contributed by atoms with Crippen molar-refractivity contribution in [2.75, 3.05) is 41.0 Å². The molecule has 0 heterocycles. The van der Waals surface area contributed by atoms with Crippen LogP contribution in [-0.2, 0) is 4.74 Å². The summed E-state index contributed by atoms with van der Waals surface area (Å²) in [5.41, 5.74) is 1.19. The van der Waals surface area contributed by atoms with Gasteiger partial charge in [-0.15, -0.1) is 0 Å². The van der Waals surface area contributed by atoms with Gasteiger partial charge >= 0.3 is 0 Å². The molecular weight excluding hydrogens is 252 g/mol. The Morgan fingerprint density at radius 3 is 2.50 bits per heavy atom. The molecule has 0 saturated heterocycles.